The summed E-state index contributed by atoms with van der Waals surface area (Å²) in [6.45, 7) is 1.99. The van der Waals surface area contributed by atoms with E-state index in [-0.39, 0.29) is 17.7 Å². The number of ether oxygens (including phenoxy) is 1. The first-order chi connectivity index (χ1) is 11.1. The number of hydrogen-bond donors (Lipinski definition) is 1. The zero-order valence-corrected chi connectivity index (χ0v) is 13.5. The van der Waals surface area contributed by atoms with Gasteiger partial charge < -0.3 is 10.1 Å². The molecule has 0 aliphatic rings. The third-order valence-electron chi connectivity index (χ3n) is 2.99. The average molecular weight is 352 g/mol. The Morgan fingerprint density at radius 3 is 3.00 bits per heavy atom. The van der Waals surface area contributed by atoms with Gasteiger partial charge in [-0.1, -0.05) is 6.07 Å². The first kappa shape index (κ1) is 15.6. The molecule has 0 fully saturated rings. The molecule has 0 saturated heterocycles. The second-order valence-electron chi connectivity index (χ2n) is 4.53. The molecule has 3 rings (SSSR count). The monoisotopic (exact) mass is 351 g/mol. The number of benzene rings is 1. The van der Waals surface area contributed by atoms with Crippen molar-refractivity contribution in [3.63, 3.8) is 0 Å². The number of nitrogens with zero attached hydrogens (tertiary/aromatic N) is 2. The van der Waals surface area contributed by atoms with Gasteiger partial charge in [0.25, 0.3) is 0 Å². The Hall–Kier alpha value is -2.25. The van der Waals surface area contributed by atoms with Gasteiger partial charge in [-0.15, -0.1) is 11.3 Å². The van der Waals surface area contributed by atoms with Crippen molar-refractivity contribution < 1.29 is 13.9 Å². The highest BCUT2D eigenvalue weighted by Crippen LogP contribution is 2.33. The van der Waals surface area contributed by atoms with Crippen LogP contribution in [-0.2, 0) is 4.74 Å². The van der Waals surface area contributed by atoms with Gasteiger partial charge in [0.15, 0.2) is 0 Å². The van der Waals surface area contributed by atoms with Crippen LogP contribution in [0.4, 0.5) is 15.9 Å². The second-order valence-corrected chi connectivity index (χ2v) is 5.72. The largest absolute Gasteiger partial charge is 0.462 e. The van der Waals surface area contributed by atoms with Crippen molar-refractivity contribution in [2.45, 2.75) is 6.92 Å². The molecular formula is C15H11ClFN3O2S. The molecule has 2 aromatic heterocycles. The SMILES string of the molecule is CCOC(=O)c1csc2nc(Cl)nc(Nc3cccc(F)c3)c12. The van der Waals surface area contributed by atoms with Crippen LogP contribution in [0, 0.1) is 5.82 Å². The number of carbonyl (C=O) groups excluding carboxylic acids is 1. The van der Waals surface area contributed by atoms with Crippen molar-refractivity contribution in [2.75, 3.05) is 11.9 Å². The van der Waals surface area contributed by atoms with Crippen LogP contribution in [0.15, 0.2) is 29.6 Å². The quantitative estimate of drug-likeness (QED) is 0.557. The second kappa shape index (κ2) is 6.47. The van der Waals surface area contributed by atoms with E-state index < -0.39 is 5.97 Å². The topological polar surface area (TPSA) is 64.1 Å². The van der Waals surface area contributed by atoms with E-state index in [2.05, 4.69) is 15.3 Å². The van der Waals surface area contributed by atoms with Gasteiger partial charge in [0, 0.05) is 11.1 Å². The van der Waals surface area contributed by atoms with Crippen LogP contribution >= 0.6 is 22.9 Å². The van der Waals surface area contributed by atoms with Crippen LogP contribution in [0.25, 0.3) is 10.2 Å². The lowest BCUT2D eigenvalue weighted by Crippen LogP contribution is -2.05. The number of rotatable bonds is 4. The van der Waals surface area contributed by atoms with Crippen LogP contribution in [0.2, 0.25) is 5.28 Å². The van der Waals surface area contributed by atoms with Crippen LogP contribution < -0.4 is 5.32 Å². The van der Waals surface area contributed by atoms with Crippen LogP contribution in [-0.4, -0.2) is 22.5 Å². The third kappa shape index (κ3) is 3.25. The highest BCUT2D eigenvalue weighted by Gasteiger charge is 2.19. The molecule has 0 atom stereocenters. The minimum Gasteiger partial charge on any atom is -0.462 e. The molecular weight excluding hydrogens is 341 g/mol. The maximum absolute atomic E-state index is 13.3. The maximum Gasteiger partial charge on any atom is 0.339 e. The van der Waals surface area contributed by atoms with Gasteiger partial charge >= 0.3 is 5.97 Å². The van der Waals surface area contributed by atoms with Gasteiger partial charge in [-0.25, -0.2) is 14.2 Å². The number of thiophene rings is 1. The van der Waals surface area contributed by atoms with Crippen LogP contribution in [0.1, 0.15) is 17.3 Å². The molecule has 0 radical (unpaired) electrons. The van der Waals surface area contributed by atoms with Crippen LogP contribution in [0.5, 0.6) is 0 Å². The molecule has 23 heavy (non-hydrogen) atoms. The van der Waals surface area contributed by atoms with E-state index >= 15 is 0 Å². The molecule has 0 saturated carbocycles. The van der Waals surface area contributed by atoms with Crippen molar-refractivity contribution in [1.29, 1.82) is 0 Å². The number of carbonyl (C=O) groups is 1. The lowest BCUT2D eigenvalue weighted by Gasteiger charge is -2.09. The van der Waals surface area contributed by atoms with Crippen molar-refractivity contribution in [1.82, 2.24) is 9.97 Å². The summed E-state index contributed by atoms with van der Waals surface area (Å²) in [6.07, 6.45) is 0. The van der Waals surface area contributed by atoms with Gasteiger partial charge in [-0.2, -0.15) is 4.98 Å². The molecule has 0 bridgehead atoms. The predicted molar refractivity (Wildman–Crippen MR) is 88.1 cm³/mol. The smallest absolute Gasteiger partial charge is 0.339 e. The molecule has 1 N–H and O–H groups in total. The minimum absolute atomic E-state index is 0.0358. The molecule has 1 aromatic carbocycles. The molecule has 5 nitrogen and oxygen atoms in total. The Kier molecular flexibility index (Phi) is 4.40. The molecule has 0 aliphatic carbocycles. The highest BCUT2D eigenvalue weighted by molar-refractivity contribution is 7.17. The lowest BCUT2D eigenvalue weighted by molar-refractivity contribution is 0.0529. The number of halogens is 2. The zero-order chi connectivity index (χ0) is 16.4. The number of anilines is 2. The van der Waals surface area contributed by atoms with Crippen molar-refractivity contribution >= 4 is 50.6 Å². The van der Waals surface area contributed by atoms with Gasteiger partial charge in [-0.3, -0.25) is 0 Å². The number of hydrogen-bond acceptors (Lipinski definition) is 6. The summed E-state index contributed by atoms with van der Waals surface area (Å²) in [5, 5.41) is 5.16. The summed E-state index contributed by atoms with van der Waals surface area (Å²) in [5.74, 6) is -0.524. The maximum atomic E-state index is 13.3. The van der Waals surface area contributed by atoms with Gasteiger partial charge in [-0.05, 0) is 36.7 Å². The third-order valence-corrected chi connectivity index (χ3v) is 4.03. The fourth-order valence-electron chi connectivity index (χ4n) is 2.07. The molecule has 0 amide bonds. The summed E-state index contributed by atoms with van der Waals surface area (Å²) in [5.41, 5.74) is 0.837. The van der Waals surface area contributed by atoms with E-state index in [9.17, 15) is 9.18 Å². The molecule has 0 aliphatic heterocycles. The normalized spacial score (nSPS) is 10.7. The predicted octanol–water partition coefficient (Wildman–Crippen LogP) is 4.40. The minimum atomic E-state index is -0.466. The molecule has 8 heteroatoms. The number of nitrogens with one attached hydrogen (secondary N) is 1. The van der Waals surface area contributed by atoms with Crippen molar-refractivity contribution in [2.24, 2.45) is 0 Å². The van der Waals surface area contributed by atoms with Crippen molar-refractivity contribution in [3.8, 4) is 0 Å². The van der Waals surface area contributed by atoms with E-state index in [1.165, 1.54) is 23.5 Å². The van der Waals surface area contributed by atoms with Gasteiger partial charge in [0.05, 0.1) is 17.6 Å². The Morgan fingerprint density at radius 2 is 2.26 bits per heavy atom. The number of aromatic nitrogens is 2. The molecule has 0 unspecified atom stereocenters. The summed E-state index contributed by atoms with van der Waals surface area (Å²) in [7, 11) is 0. The first-order valence-corrected chi connectivity index (χ1v) is 7.98. The standard InChI is InChI=1S/C15H11ClFN3O2S/c1-2-22-14(21)10-7-23-13-11(10)12(19-15(16)20-13)18-9-5-3-4-8(17)6-9/h3-7H,2H2,1H3,(H,18,19,20). The zero-order valence-electron chi connectivity index (χ0n) is 12.0. The van der Waals surface area contributed by atoms with Crippen LogP contribution in [0.3, 0.4) is 0 Å². The summed E-state index contributed by atoms with van der Waals surface area (Å²) >= 11 is 7.19. The fourth-order valence-corrected chi connectivity index (χ4v) is 3.19. The fraction of sp³-hybridized carbons (Fsp3) is 0.133. The summed E-state index contributed by atoms with van der Waals surface area (Å²) < 4.78 is 18.4. The van der Waals surface area contributed by atoms with E-state index in [1.807, 2.05) is 0 Å². The first-order valence-electron chi connectivity index (χ1n) is 6.73. The highest BCUT2D eigenvalue weighted by atomic mass is 35.5. The van der Waals surface area contributed by atoms with Crippen molar-refractivity contribution in [3.05, 3.63) is 46.3 Å². The van der Waals surface area contributed by atoms with E-state index in [0.717, 1.165) is 0 Å². The summed E-state index contributed by atoms with van der Waals surface area (Å²) in [6, 6.07) is 5.90. The van der Waals surface area contributed by atoms with Gasteiger partial charge in [0.1, 0.15) is 16.5 Å². The lowest BCUT2D eigenvalue weighted by atomic mass is 10.2. The van der Waals surface area contributed by atoms with Gasteiger partial charge in [0.2, 0.25) is 5.28 Å². The molecule has 2 heterocycles. The summed E-state index contributed by atoms with van der Waals surface area (Å²) in [4.78, 5) is 20.9. The Bertz CT molecular complexity index is 884. The van der Waals surface area contributed by atoms with E-state index in [1.54, 1.807) is 24.4 Å². The Labute approximate surface area is 140 Å². The Morgan fingerprint density at radius 1 is 1.43 bits per heavy atom. The number of esters is 1. The molecule has 0 spiro atoms. The molecule has 118 valence electrons. The van der Waals surface area contributed by atoms with E-state index in [0.29, 0.717) is 27.3 Å². The molecule has 3 aromatic rings. The Balaban J connectivity index is 2.11. The number of fused-ring (bicyclic) bond motifs is 1. The van der Waals surface area contributed by atoms with E-state index in [4.69, 9.17) is 16.3 Å². The average Bonchev–Trinajstić information content (AvgIpc) is 2.91.